The van der Waals surface area contributed by atoms with Crippen LogP contribution >= 0.6 is 0 Å². The number of carbonyl (C=O) groups excluding carboxylic acids is 1. The quantitative estimate of drug-likeness (QED) is 0.693. The number of hydrogen-bond acceptors (Lipinski definition) is 3. The first-order valence-electron chi connectivity index (χ1n) is 6.78. The number of esters is 1. The zero-order valence-electron chi connectivity index (χ0n) is 12.0. The summed E-state index contributed by atoms with van der Waals surface area (Å²) in [5, 5.41) is 0. The van der Waals surface area contributed by atoms with Crippen molar-refractivity contribution in [2.45, 2.75) is 13.3 Å². The Balaban J connectivity index is 1.97. The van der Waals surface area contributed by atoms with Gasteiger partial charge in [0.15, 0.2) is 0 Å². The molecule has 0 fully saturated rings. The lowest BCUT2D eigenvalue weighted by Crippen LogP contribution is -2.06. The number of imidazole rings is 1. The van der Waals surface area contributed by atoms with Crippen LogP contribution in [0.5, 0.6) is 0 Å². The van der Waals surface area contributed by atoms with E-state index in [0.29, 0.717) is 5.69 Å². The third-order valence-electron chi connectivity index (χ3n) is 3.44. The molecule has 0 aliphatic carbocycles. The van der Waals surface area contributed by atoms with Crippen molar-refractivity contribution >= 4 is 11.6 Å². The molecular weight excluding hydrogens is 264 g/mol. The molecule has 0 saturated carbocycles. The second-order valence-electron chi connectivity index (χ2n) is 5.03. The largest absolute Gasteiger partial charge is 0.464 e. The van der Waals surface area contributed by atoms with Crippen LogP contribution in [0, 0.1) is 6.92 Å². The van der Waals surface area contributed by atoms with Crippen LogP contribution in [0.2, 0.25) is 0 Å². The molecule has 0 aliphatic heterocycles. The summed E-state index contributed by atoms with van der Waals surface area (Å²) in [6.07, 6.45) is 2.63. The second-order valence-corrected chi connectivity index (χ2v) is 5.03. The Morgan fingerprint density at radius 3 is 2.67 bits per heavy atom. The summed E-state index contributed by atoms with van der Waals surface area (Å²) in [5.74, 6) is -0.361. The molecule has 0 saturated heterocycles. The van der Waals surface area contributed by atoms with Gasteiger partial charge in [-0.1, -0.05) is 35.9 Å². The Hall–Kier alpha value is -2.62. The van der Waals surface area contributed by atoms with Gasteiger partial charge in [-0.25, -0.2) is 9.78 Å². The van der Waals surface area contributed by atoms with Crippen molar-refractivity contribution in [3.63, 3.8) is 0 Å². The highest BCUT2D eigenvalue weighted by atomic mass is 16.5. The van der Waals surface area contributed by atoms with E-state index in [1.54, 1.807) is 10.5 Å². The zero-order chi connectivity index (χ0) is 14.8. The van der Waals surface area contributed by atoms with Crippen LogP contribution in [-0.2, 0) is 11.2 Å². The highest BCUT2D eigenvalue weighted by Crippen LogP contribution is 2.14. The molecular formula is C17H16N2O2. The zero-order valence-corrected chi connectivity index (χ0v) is 12.0. The van der Waals surface area contributed by atoms with E-state index in [2.05, 4.69) is 36.2 Å². The van der Waals surface area contributed by atoms with Crippen LogP contribution in [0.15, 0.2) is 48.7 Å². The highest BCUT2D eigenvalue weighted by Gasteiger charge is 2.12. The van der Waals surface area contributed by atoms with E-state index in [4.69, 9.17) is 4.74 Å². The number of benzene rings is 1. The third kappa shape index (κ3) is 2.65. The first-order valence-corrected chi connectivity index (χ1v) is 6.78. The fourth-order valence-corrected chi connectivity index (χ4v) is 2.33. The first kappa shape index (κ1) is 13.4. The van der Waals surface area contributed by atoms with Gasteiger partial charge in [-0.3, -0.25) is 4.40 Å². The Bertz CT molecular complexity index is 788. The van der Waals surface area contributed by atoms with Gasteiger partial charge in [0.1, 0.15) is 11.3 Å². The molecule has 106 valence electrons. The molecule has 2 heterocycles. The summed E-state index contributed by atoms with van der Waals surface area (Å²) >= 11 is 0. The fraction of sp³-hybridized carbons (Fsp3) is 0.176. The predicted molar refractivity (Wildman–Crippen MR) is 80.5 cm³/mol. The summed E-state index contributed by atoms with van der Waals surface area (Å²) in [6.45, 7) is 2.07. The van der Waals surface area contributed by atoms with Crippen molar-refractivity contribution in [3.05, 3.63) is 71.2 Å². The van der Waals surface area contributed by atoms with Crippen LogP contribution in [0.4, 0.5) is 0 Å². The topological polar surface area (TPSA) is 43.6 Å². The summed E-state index contributed by atoms with van der Waals surface area (Å²) in [4.78, 5) is 16.3. The lowest BCUT2D eigenvalue weighted by atomic mass is 10.1. The van der Waals surface area contributed by atoms with E-state index >= 15 is 0 Å². The lowest BCUT2D eigenvalue weighted by Gasteiger charge is -2.01. The van der Waals surface area contributed by atoms with Crippen molar-refractivity contribution in [1.82, 2.24) is 9.38 Å². The minimum atomic E-state index is -0.361. The second kappa shape index (κ2) is 5.40. The maximum atomic E-state index is 11.8. The highest BCUT2D eigenvalue weighted by molar-refractivity contribution is 5.88. The summed E-state index contributed by atoms with van der Waals surface area (Å²) < 4.78 is 6.57. The minimum Gasteiger partial charge on any atom is -0.464 e. The molecule has 0 aliphatic rings. The summed E-state index contributed by atoms with van der Waals surface area (Å²) in [6, 6.07) is 13.8. The summed E-state index contributed by atoms with van der Waals surface area (Å²) in [7, 11) is 1.38. The molecule has 1 aromatic carbocycles. The maximum absolute atomic E-state index is 11.8. The number of carbonyl (C=O) groups is 1. The Morgan fingerprint density at radius 2 is 1.95 bits per heavy atom. The van der Waals surface area contributed by atoms with Gasteiger partial charge < -0.3 is 4.74 Å². The number of hydrogen-bond donors (Lipinski definition) is 0. The number of methoxy groups -OCH3 is 1. The van der Waals surface area contributed by atoms with E-state index < -0.39 is 0 Å². The van der Waals surface area contributed by atoms with E-state index in [1.807, 2.05) is 18.3 Å². The number of fused-ring (bicyclic) bond motifs is 1. The molecule has 21 heavy (non-hydrogen) atoms. The van der Waals surface area contributed by atoms with Gasteiger partial charge >= 0.3 is 5.97 Å². The van der Waals surface area contributed by atoms with Crippen LogP contribution in [0.1, 0.15) is 27.3 Å². The average Bonchev–Trinajstić information content (AvgIpc) is 2.91. The molecule has 0 unspecified atom stereocenters. The third-order valence-corrected chi connectivity index (χ3v) is 3.44. The van der Waals surface area contributed by atoms with Gasteiger partial charge in [-0.2, -0.15) is 0 Å². The Morgan fingerprint density at radius 1 is 1.19 bits per heavy atom. The van der Waals surface area contributed by atoms with Crippen LogP contribution in [-0.4, -0.2) is 22.5 Å². The van der Waals surface area contributed by atoms with Gasteiger partial charge in [0, 0.05) is 12.6 Å². The fourth-order valence-electron chi connectivity index (χ4n) is 2.33. The lowest BCUT2D eigenvalue weighted by molar-refractivity contribution is 0.0592. The van der Waals surface area contributed by atoms with Crippen molar-refractivity contribution in [1.29, 1.82) is 0 Å². The predicted octanol–water partition coefficient (Wildman–Crippen LogP) is 3.02. The van der Waals surface area contributed by atoms with Crippen LogP contribution in [0.3, 0.4) is 0 Å². The van der Waals surface area contributed by atoms with Gasteiger partial charge in [-0.05, 0) is 24.6 Å². The average molecular weight is 280 g/mol. The Kier molecular flexibility index (Phi) is 3.44. The monoisotopic (exact) mass is 280 g/mol. The van der Waals surface area contributed by atoms with E-state index in [-0.39, 0.29) is 5.97 Å². The first-order chi connectivity index (χ1) is 10.2. The molecule has 2 aromatic heterocycles. The molecule has 4 nitrogen and oxygen atoms in total. The molecule has 4 heteroatoms. The maximum Gasteiger partial charge on any atom is 0.355 e. The molecule has 0 atom stereocenters. The van der Waals surface area contributed by atoms with Crippen LogP contribution in [0.25, 0.3) is 5.65 Å². The minimum absolute atomic E-state index is 0.361. The number of pyridine rings is 1. The molecule has 3 aromatic rings. The number of rotatable bonds is 3. The molecule has 0 bridgehead atoms. The van der Waals surface area contributed by atoms with Gasteiger partial charge in [0.25, 0.3) is 0 Å². The molecule has 3 rings (SSSR count). The standard InChI is InChI=1S/C17H16N2O2/c1-12-6-8-13(9-7-12)10-14-11-19-15(17(20)21-2)4-3-5-16(19)18-14/h3-9,11H,10H2,1-2H3. The van der Waals surface area contributed by atoms with Crippen molar-refractivity contribution in [2.24, 2.45) is 0 Å². The Labute approximate surface area is 123 Å². The van der Waals surface area contributed by atoms with Gasteiger partial charge in [0.05, 0.1) is 12.8 Å². The SMILES string of the molecule is COC(=O)c1cccc2nc(Cc3ccc(C)cc3)cn12. The van der Waals surface area contributed by atoms with Gasteiger partial charge in [0.2, 0.25) is 0 Å². The molecule has 0 radical (unpaired) electrons. The normalized spacial score (nSPS) is 10.8. The molecule has 0 amide bonds. The van der Waals surface area contributed by atoms with E-state index in [9.17, 15) is 4.79 Å². The van der Waals surface area contributed by atoms with Crippen LogP contribution < -0.4 is 0 Å². The van der Waals surface area contributed by atoms with Crippen molar-refractivity contribution in [2.75, 3.05) is 7.11 Å². The number of nitrogens with zero attached hydrogens (tertiary/aromatic N) is 2. The van der Waals surface area contributed by atoms with Gasteiger partial charge in [-0.15, -0.1) is 0 Å². The molecule has 0 N–H and O–H groups in total. The number of aryl methyl sites for hydroxylation is 1. The number of ether oxygens (including phenoxy) is 1. The van der Waals surface area contributed by atoms with Crippen molar-refractivity contribution < 1.29 is 9.53 Å². The number of aromatic nitrogens is 2. The smallest absolute Gasteiger partial charge is 0.355 e. The van der Waals surface area contributed by atoms with E-state index in [0.717, 1.165) is 17.8 Å². The molecule has 0 spiro atoms. The van der Waals surface area contributed by atoms with E-state index in [1.165, 1.54) is 18.2 Å². The van der Waals surface area contributed by atoms with Crippen molar-refractivity contribution in [3.8, 4) is 0 Å². The summed E-state index contributed by atoms with van der Waals surface area (Å²) in [5.41, 5.74) is 4.60.